The summed E-state index contributed by atoms with van der Waals surface area (Å²) >= 11 is 0. The summed E-state index contributed by atoms with van der Waals surface area (Å²) in [5.41, 5.74) is 2.85. The highest BCUT2D eigenvalue weighted by Crippen LogP contribution is 2.22. The molecule has 138 valence electrons. The molecular formula is C19H18N4O4. The van der Waals surface area contributed by atoms with E-state index in [9.17, 15) is 14.9 Å². The second kappa shape index (κ2) is 8.78. The van der Waals surface area contributed by atoms with Crippen LogP contribution in [0.4, 0.5) is 0 Å². The van der Waals surface area contributed by atoms with Crippen LogP contribution in [-0.4, -0.2) is 41.4 Å². The zero-order chi connectivity index (χ0) is 19.1. The SMILES string of the molecule is N#CC(C(=O)COc1ccc(Oc2ccccn2)cc1)C(=O)N1CCCN1. The van der Waals surface area contributed by atoms with Crippen LogP contribution in [-0.2, 0) is 9.59 Å². The van der Waals surface area contributed by atoms with Gasteiger partial charge < -0.3 is 9.47 Å². The molecule has 3 rings (SSSR count). The van der Waals surface area contributed by atoms with Gasteiger partial charge in [-0.3, -0.25) is 14.6 Å². The van der Waals surface area contributed by atoms with Gasteiger partial charge >= 0.3 is 0 Å². The van der Waals surface area contributed by atoms with Crippen molar-refractivity contribution >= 4 is 11.7 Å². The molecule has 8 nitrogen and oxygen atoms in total. The van der Waals surface area contributed by atoms with Crippen LogP contribution in [0, 0.1) is 17.2 Å². The number of hydrogen-bond donors (Lipinski definition) is 1. The monoisotopic (exact) mass is 366 g/mol. The van der Waals surface area contributed by atoms with Crippen LogP contribution >= 0.6 is 0 Å². The molecule has 1 unspecified atom stereocenters. The Morgan fingerprint density at radius 1 is 1.22 bits per heavy atom. The maximum atomic E-state index is 12.2. The predicted molar refractivity (Wildman–Crippen MR) is 94.7 cm³/mol. The van der Waals surface area contributed by atoms with Gasteiger partial charge in [0.25, 0.3) is 5.91 Å². The Hall–Kier alpha value is -3.44. The van der Waals surface area contributed by atoms with Gasteiger partial charge in [-0.25, -0.2) is 10.4 Å². The van der Waals surface area contributed by atoms with E-state index in [1.165, 1.54) is 5.01 Å². The van der Waals surface area contributed by atoms with Crippen molar-refractivity contribution in [3.63, 3.8) is 0 Å². The normalized spacial score (nSPS) is 14.3. The molecule has 8 heteroatoms. The standard InChI is InChI=1S/C19H18N4O4/c20-12-16(19(25)23-11-3-10-22-23)17(24)13-26-14-5-7-15(8-6-14)27-18-4-1-2-9-21-18/h1-2,4-9,16,22H,3,10-11,13H2. The van der Waals surface area contributed by atoms with Crippen LogP contribution < -0.4 is 14.9 Å². The zero-order valence-corrected chi connectivity index (χ0v) is 14.5. The van der Waals surface area contributed by atoms with Crippen molar-refractivity contribution in [1.29, 1.82) is 5.26 Å². The van der Waals surface area contributed by atoms with E-state index in [4.69, 9.17) is 9.47 Å². The van der Waals surface area contributed by atoms with Crippen molar-refractivity contribution in [3.05, 3.63) is 48.7 Å². The van der Waals surface area contributed by atoms with E-state index in [1.807, 2.05) is 6.07 Å². The molecule has 1 amide bonds. The number of hydrogen-bond acceptors (Lipinski definition) is 7. The number of amides is 1. The maximum Gasteiger partial charge on any atom is 0.261 e. The molecule has 1 aliphatic rings. The molecule has 2 heterocycles. The summed E-state index contributed by atoms with van der Waals surface area (Å²) in [6.45, 7) is 0.780. The molecule has 0 aliphatic carbocycles. The van der Waals surface area contributed by atoms with Crippen molar-refractivity contribution in [2.75, 3.05) is 19.7 Å². The molecular weight excluding hydrogens is 348 g/mol. The third-order valence-corrected chi connectivity index (χ3v) is 3.89. The number of nitriles is 1. The smallest absolute Gasteiger partial charge is 0.261 e. The fraction of sp³-hybridized carbons (Fsp3) is 0.263. The molecule has 0 saturated carbocycles. The topological polar surface area (TPSA) is 105 Å². The lowest BCUT2D eigenvalue weighted by Crippen LogP contribution is -2.44. The number of ether oxygens (including phenoxy) is 2. The number of aromatic nitrogens is 1. The average Bonchev–Trinajstić information content (AvgIpc) is 3.23. The van der Waals surface area contributed by atoms with Crippen molar-refractivity contribution in [2.24, 2.45) is 5.92 Å². The molecule has 2 aromatic rings. The fourth-order valence-electron chi connectivity index (χ4n) is 2.51. The molecule has 1 saturated heterocycles. The van der Waals surface area contributed by atoms with Crippen LogP contribution in [0.25, 0.3) is 0 Å². The number of nitrogens with one attached hydrogen (secondary N) is 1. The minimum Gasteiger partial charge on any atom is -0.486 e. The van der Waals surface area contributed by atoms with Gasteiger partial charge in [0.2, 0.25) is 5.88 Å². The van der Waals surface area contributed by atoms with E-state index in [-0.39, 0.29) is 6.61 Å². The number of rotatable bonds is 7. The van der Waals surface area contributed by atoms with E-state index in [1.54, 1.807) is 48.7 Å². The molecule has 1 aromatic carbocycles. The molecule has 1 aliphatic heterocycles. The molecule has 27 heavy (non-hydrogen) atoms. The first-order valence-electron chi connectivity index (χ1n) is 8.46. The second-order valence-electron chi connectivity index (χ2n) is 5.81. The Morgan fingerprint density at radius 2 is 2.00 bits per heavy atom. The number of hydrazine groups is 1. The highest BCUT2D eigenvalue weighted by Gasteiger charge is 2.32. The number of nitrogens with zero attached hydrogens (tertiary/aromatic N) is 3. The Labute approximate surface area is 156 Å². The third-order valence-electron chi connectivity index (χ3n) is 3.89. The molecule has 1 aromatic heterocycles. The Bertz CT molecular complexity index is 827. The largest absolute Gasteiger partial charge is 0.486 e. The van der Waals surface area contributed by atoms with Crippen LogP contribution in [0.5, 0.6) is 17.4 Å². The summed E-state index contributed by atoms with van der Waals surface area (Å²) < 4.78 is 11.0. The van der Waals surface area contributed by atoms with Gasteiger partial charge in [-0.15, -0.1) is 0 Å². The van der Waals surface area contributed by atoms with Gasteiger partial charge in [0, 0.05) is 25.4 Å². The van der Waals surface area contributed by atoms with Gasteiger partial charge in [-0.05, 0) is 36.8 Å². The summed E-state index contributed by atoms with van der Waals surface area (Å²) in [6.07, 6.45) is 2.42. The summed E-state index contributed by atoms with van der Waals surface area (Å²) in [5, 5.41) is 10.5. The predicted octanol–water partition coefficient (Wildman–Crippen LogP) is 1.70. The van der Waals surface area contributed by atoms with Crippen molar-refractivity contribution in [3.8, 4) is 23.4 Å². The van der Waals surface area contributed by atoms with Gasteiger partial charge in [0.1, 0.15) is 18.1 Å². The van der Waals surface area contributed by atoms with E-state index in [2.05, 4.69) is 10.4 Å². The Kier molecular flexibility index (Phi) is 5.97. The molecule has 0 spiro atoms. The van der Waals surface area contributed by atoms with E-state index < -0.39 is 17.6 Å². The number of Topliss-reactive ketones (excluding diaryl/α,β-unsaturated/α-hetero) is 1. The fourth-order valence-corrected chi connectivity index (χ4v) is 2.51. The van der Waals surface area contributed by atoms with E-state index in [0.717, 1.165) is 6.42 Å². The maximum absolute atomic E-state index is 12.2. The summed E-state index contributed by atoms with van der Waals surface area (Å²) in [4.78, 5) is 28.5. The Morgan fingerprint density at radius 3 is 2.63 bits per heavy atom. The second-order valence-corrected chi connectivity index (χ2v) is 5.81. The van der Waals surface area contributed by atoms with E-state index in [0.29, 0.717) is 30.5 Å². The van der Waals surface area contributed by atoms with Gasteiger partial charge in [0.15, 0.2) is 11.7 Å². The lowest BCUT2D eigenvalue weighted by Gasteiger charge is -2.18. The lowest BCUT2D eigenvalue weighted by molar-refractivity contribution is -0.140. The lowest BCUT2D eigenvalue weighted by atomic mass is 10.1. The number of carbonyl (C=O) groups is 2. The first-order valence-corrected chi connectivity index (χ1v) is 8.46. The summed E-state index contributed by atoms with van der Waals surface area (Å²) in [7, 11) is 0. The minimum absolute atomic E-state index is 0.363. The molecule has 1 fully saturated rings. The quantitative estimate of drug-likeness (QED) is 0.744. The highest BCUT2D eigenvalue weighted by atomic mass is 16.5. The van der Waals surface area contributed by atoms with Crippen LogP contribution in [0.3, 0.4) is 0 Å². The average molecular weight is 366 g/mol. The zero-order valence-electron chi connectivity index (χ0n) is 14.5. The summed E-state index contributed by atoms with van der Waals surface area (Å²) in [6, 6.07) is 13.7. The van der Waals surface area contributed by atoms with Gasteiger partial charge in [-0.2, -0.15) is 5.26 Å². The molecule has 0 bridgehead atoms. The van der Waals surface area contributed by atoms with Gasteiger partial charge in [0.05, 0.1) is 6.07 Å². The summed E-state index contributed by atoms with van der Waals surface area (Å²) in [5.74, 6) is -1.03. The van der Waals surface area contributed by atoms with Crippen LogP contribution in [0.1, 0.15) is 6.42 Å². The molecule has 0 radical (unpaired) electrons. The number of ketones is 1. The first-order chi connectivity index (χ1) is 13.2. The van der Waals surface area contributed by atoms with Crippen molar-refractivity contribution in [2.45, 2.75) is 6.42 Å². The van der Waals surface area contributed by atoms with Gasteiger partial charge in [-0.1, -0.05) is 6.07 Å². The van der Waals surface area contributed by atoms with Crippen LogP contribution in [0.15, 0.2) is 48.7 Å². The number of pyridine rings is 1. The van der Waals surface area contributed by atoms with Crippen molar-refractivity contribution < 1.29 is 19.1 Å². The number of carbonyl (C=O) groups excluding carboxylic acids is 2. The Balaban J connectivity index is 1.53. The third kappa shape index (κ3) is 4.80. The highest BCUT2D eigenvalue weighted by molar-refractivity contribution is 6.04. The minimum atomic E-state index is -1.37. The van der Waals surface area contributed by atoms with Crippen molar-refractivity contribution in [1.82, 2.24) is 15.4 Å². The van der Waals surface area contributed by atoms with E-state index >= 15 is 0 Å². The molecule has 1 N–H and O–H groups in total. The van der Waals surface area contributed by atoms with Crippen LogP contribution in [0.2, 0.25) is 0 Å². The first kappa shape index (κ1) is 18.4. The number of benzene rings is 1. The molecule has 1 atom stereocenters.